The number of aryl methyl sites for hydroxylation is 1. The van der Waals surface area contributed by atoms with Gasteiger partial charge < -0.3 is 5.11 Å². The summed E-state index contributed by atoms with van der Waals surface area (Å²) >= 11 is 0. The van der Waals surface area contributed by atoms with Gasteiger partial charge in [0.15, 0.2) is 0 Å². The minimum atomic E-state index is -0.693. The summed E-state index contributed by atoms with van der Waals surface area (Å²) < 4.78 is 12.8. The van der Waals surface area contributed by atoms with Crippen LogP contribution in [-0.4, -0.2) is 5.11 Å². The molecular formula is C15H15FO. The Morgan fingerprint density at radius 3 is 1.88 bits per heavy atom. The summed E-state index contributed by atoms with van der Waals surface area (Å²) in [4.78, 5) is 0. The Morgan fingerprint density at radius 2 is 1.41 bits per heavy atom. The third kappa shape index (κ3) is 2.71. The van der Waals surface area contributed by atoms with E-state index in [4.69, 9.17) is 0 Å². The van der Waals surface area contributed by atoms with Crippen molar-refractivity contribution in [1.82, 2.24) is 0 Å². The summed E-state index contributed by atoms with van der Waals surface area (Å²) in [6, 6.07) is 13.8. The Morgan fingerprint density at radius 1 is 0.941 bits per heavy atom. The molecular weight excluding hydrogens is 215 g/mol. The molecule has 0 aliphatic carbocycles. The first kappa shape index (κ1) is 11.8. The molecule has 1 nitrogen and oxygen atoms in total. The van der Waals surface area contributed by atoms with Crippen LogP contribution in [0.5, 0.6) is 0 Å². The van der Waals surface area contributed by atoms with Gasteiger partial charge in [0.05, 0.1) is 0 Å². The standard InChI is InChI=1S/C15H15FO/c1-2-11-3-5-12(6-4-11)15(17)13-7-9-14(16)10-8-13/h3-10,15,17H,2H2,1H3. The average Bonchev–Trinajstić information content (AvgIpc) is 2.39. The first-order chi connectivity index (χ1) is 8.20. The Bertz CT molecular complexity index is 473. The number of benzene rings is 2. The van der Waals surface area contributed by atoms with Crippen LogP contribution in [0.25, 0.3) is 0 Å². The van der Waals surface area contributed by atoms with Gasteiger partial charge in [0, 0.05) is 0 Å². The molecule has 0 fully saturated rings. The van der Waals surface area contributed by atoms with Crippen molar-refractivity contribution in [2.75, 3.05) is 0 Å². The Hall–Kier alpha value is -1.67. The predicted octanol–water partition coefficient (Wildman–Crippen LogP) is 3.47. The molecule has 0 saturated carbocycles. The number of hydrogen-bond acceptors (Lipinski definition) is 1. The summed E-state index contributed by atoms with van der Waals surface area (Å²) in [5.41, 5.74) is 2.77. The lowest BCUT2D eigenvalue weighted by atomic mass is 10.00. The summed E-state index contributed by atoms with van der Waals surface area (Å²) in [5.74, 6) is -0.290. The fraction of sp³-hybridized carbons (Fsp3) is 0.200. The molecule has 0 amide bonds. The van der Waals surface area contributed by atoms with Crippen molar-refractivity contribution < 1.29 is 9.50 Å². The first-order valence-electron chi connectivity index (χ1n) is 5.73. The number of aliphatic hydroxyl groups is 1. The normalized spacial score (nSPS) is 12.4. The highest BCUT2D eigenvalue weighted by molar-refractivity contribution is 5.31. The maximum Gasteiger partial charge on any atom is 0.123 e. The molecule has 2 rings (SSSR count). The molecule has 0 radical (unpaired) electrons. The second-order valence-corrected chi connectivity index (χ2v) is 4.05. The highest BCUT2D eigenvalue weighted by Gasteiger charge is 2.09. The van der Waals surface area contributed by atoms with Gasteiger partial charge >= 0.3 is 0 Å². The van der Waals surface area contributed by atoms with E-state index in [1.165, 1.54) is 17.7 Å². The number of rotatable bonds is 3. The topological polar surface area (TPSA) is 20.2 Å². The Labute approximate surface area is 101 Å². The fourth-order valence-electron chi connectivity index (χ4n) is 1.77. The summed E-state index contributed by atoms with van der Waals surface area (Å²) in [7, 11) is 0. The van der Waals surface area contributed by atoms with Crippen LogP contribution in [0.3, 0.4) is 0 Å². The molecule has 0 aliphatic heterocycles. The van der Waals surface area contributed by atoms with E-state index in [2.05, 4.69) is 6.92 Å². The average molecular weight is 230 g/mol. The lowest BCUT2D eigenvalue weighted by molar-refractivity contribution is 0.220. The van der Waals surface area contributed by atoms with Crippen LogP contribution in [-0.2, 0) is 6.42 Å². The van der Waals surface area contributed by atoms with E-state index >= 15 is 0 Å². The zero-order chi connectivity index (χ0) is 12.3. The van der Waals surface area contributed by atoms with Gasteiger partial charge in [-0.25, -0.2) is 4.39 Å². The molecule has 1 atom stereocenters. The SMILES string of the molecule is CCc1ccc(C(O)c2ccc(F)cc2)cc1. The summed E-state index contributed by atoms with van der Waals surface area (Å²) in [6.07, 6.45) is 0.286. The minimum Gasteiger partial charge on any atom is -0.384 e. The monoisotopic (exact) mass is 230 g/mol. The van der Waals surface area contributed by atoms with E-state index in [1.807, 2.05) is 24.3 Å². The van der Waals surface area contributed by atoms with Crippen LogP contribution in [0.4, 0.5) is 4.39 Å². The van der Waals surface area contributed by atoms with Crippen molar-refractivity contribution in [3.8, 4) is 0 Å². The Balaban J connectivity index is 2.23. The van der Waals surface area contributed by atoms with E-state index in [-0.39, 0.29) is 5.82 Å². The summed E-state index contributed by atoms with van der Waals surface area (Å²) in [5, 5.41) is 10.1. The third-order valence-electron chi connectivity index (χ3n) is 2.89. The van der Waals surface area contributed by atoms with Crippen molar-refractivity contribution in [2.24, 2.45) is 0 Å². The van der Waals surface area contributed by atoms with Crippen molar-refractivity contribution in [3.63, 3.8) is 0 Å². The van der Waals surface area contributed by atoms with Gasteiger partial charge in [0.2, 0.25) is 0 Å². The summed E-state index contributed by atoms with van der Waals surface area (Å²) in [6.45, 7) is 2.09. The first-order valence-corrected chi connectivity index (χ1v) is 5.73. The molecule has 2 aromatic rings. The zero-order valence-corrected chi connectivity index (χ0v) is 9.73. The smallest absolute Gasteiger partial charge is 0.123 e. The van der Waals surface area contributed by atoms with E-state index in [0.717, 1.165) is 12.0 Å². The number of halogens is 1. The highest BCUT2D eigenvalue weighted by atomic mass is 19.1. The molecule has 0 aliphatic rings. The molecule has 0 aromatic heterocycles. The number of hydrogen-bond donors (Lipinski definition) is 1. The van der Waals surface area contributed by atoms with Crippen LogP contribution in [0, 0.1) is 5.82 Å². The molecule has 1 N–H and O–H groups in total. The van der Waals surface area contributed by atoms with Crippen molar-refractivity contribution in [3.05, 3.63) is 71.0 Å². The molecule has 0 bridgehead atoms. The van der Waals surface area contributed by atoms with Gasteiger partial charge in [-0.2, -0.15) is 0 Å². The van der Waals surface area contributed by atoms with Crippen LogP contribution in [0.2, 0.25) is 0 Å². The van der Waals surface area contributed by atoms with Gasteiger partial charge in [0.1, 0.15) is 11.9 Å². The van der Waals surface area contributed by atoms with E-state index in [1.54, 1.807) is 12.1 Å². The van der Waals surface area contributed by atoms with E-state index in [9.17, 15) is 9.50 Å². The second-order valence-electron chi connectivity index (χ2n) is 4.05. The maximum absolute atomic E-state index is 12.8. The quantitative estimate of drug-likeness (QED) is 0.856. The van der Waals surface area contributed by atoms with Crippen LogP contribution < -0.4 is 0 Å². The number of aliphatic hydroxyl groups excluding tert-OH is 1. The Kier molecular flexibility index (Phi) is 3.55. The second kappa shape index (κ2) is 5.11. The van der Waals surface area contributed by atoms with Crippen molar-refractivity contribution in [2.45, 2.75) is 19.4 Å². The molecule has 0 spiro atoms. The predicted molar refractivity (Wildman–Crippen MR) is 66.3 cm³/mol. The molecule has 2 heteroatoms. The van der Waals surface area contributed by atoms with Crippen molar-refractivity contribution in [1.29, 1.82) is 0 Å². The molecule has 0 heterocycles. The van der Waals surface area contributed by atoms with Gasteiger partial charge in [-0.1, -0.05) is 43.3 Å². The van der Waals surface area contributed by atoms with Crippen molar-refractivity contribution >= 4 is 0 Å². The van der Waals surface area contributed by atoms with Crippen LogP contribution in [0.1, 0.15) is 29.7 Å². The largest absolute Gasteiger partial charge is 0.384 e. The third-order valence-corrected chi connectivity index (χ3v) is 2.89. The highest BCUT2D eigenvalue weighted by Crippen LogP contribution is 2.22. The maximum atomic E-state index is 12.8. The van der Waals surface area contributed by atoms with Gasteiger partial charge in [-0.15, -0.1) is 0 Å². The molecule has 1 unspecified atom stereocenters. The lowest BCUT2D eigenvalue weighted by Crippen LogP contribution is -1.99. The van der Waals surface area contributed by atoms with E-state index < -0.39 is 6.10 Å². The molecule has 2 aromatic carbocycles. The minimum absolute atomic E-state index is 0.290. The van der Waals surface area contributed by atoms with E-state index in [0.29, 0.717) is 5.56 Å². The molecule has 88 valence electrons. The lowest BCUT2D eigenvalue weighted by Gasteiger charge is -2.11. The van der Waals surface area contributed by atoms with Crippen LogP contribution in [0.15, 0.2) is 48.5 Å². The fourth-order valence-corrected chi connectivity index (χ4v) is 1.77. The molecule has 17 heavy (non-hydrogen) atoms. The molecule has 0 saturated heterocycles. The van der Waals surface area contributed by atoms with Gasteiger partial charge in [0.25, 0.3) is 0 Å². The van der Waals surface area contributed by atoms with Gasteiger partial charge in [-0.05, 0) is 35.2 Å². The van der Waals surface area contributed by atoms with Crippen LogP contribution >= 0.6 is 0 Å². The zero-order valence-electron chi connectivity index (χ0n) is 9.73. The van der Waals surface area contributed by atoms with Gasteiger partial charge in [-0.3, -0.25) is 0 Å².